The van der Waals surface area contributed by atoms with Crippen molar-refractivity contribution in [2.45, 2.75) is 0 Å². The van der Waals surface area contributed by atoms with Crippen LogP contribution in [0.2, 0.25) is 0 Å². The maximum atomic E-state index is 3.92. The number of hydrogen-bond acceptors (Lipinski definition) is 4. The van der Waals surface area contributed by atoms with Crippen LogP contribution in [0, 0.1) is 0 Å². The molecule has 0 aromatic rings. The minimum atomic E-state index is 1.10. The van der Waals surface area contributed by atoms with Gasteiger partial charge >= 0.3 is 0 Å². The van der Waals surface area contributed by atoms with Crippen molar-refractivity contribution in [1.82, 2.24) is 0 Å². The molecule has 0 fully saturated rings. The third-order valence-electron chi connectivity index (χ3n) is 0.438. The van der Waals surface area contributed by atoms with Gasteiger partial charge in [-0.2, -0.15) is 0 Å². The predicted octanol–water partition coefficient (Wildman–Crippen LogP) is 1.75. The van der Waals surface area contributed by atoms with Gasteiger partial charge < -0.3 is 0 Å². The normalized spacial score (nSPS) is 20.6. The van der Waals surface area contributed by atoms with E-state index in [1.54, 1.807) is 23.9 Å². The fraction of sp³-hybridized carbons (Fsp3) is 1.00. The lowest BCUT2D eigenvalue weighted by atomic mass is 11.0. The van der Waals surface area contributed by atoms with Crippen molar-refractivity contribution in [3.8, 4) is 0 Å². The van der Waals surface area contributed by atoms with Gasteiger partial charge in [0, 0.05) is 11.5 Å². The molecule has 0 atom stereocenters. The smallest absolute Gasteiger partial charge is 0.0830 e. The number of rotatable bonds is 0. The van der Waals surface area contributed by atoms with Gasteiger partial charge in [0.1, 0.15) is 0 Å². The van der Waals surface area contributed by atoms with E-state index in [9.17, 15) is 0 Å². The van der Waals surface area contributed by atoms with Crippen LogP contribution in [0.15, 0.2) is 7.54 Å². The summed E-state index contributed by atoms with van der Waals surface area (Å²) < 4.78 is 7.83. The molecule has 2 nitrogen and oxygen atoms in total. The molecule has 40 valence electrons. The van der Waals surface area contributed by atoms with Crippen molar-refractivity contribution in [3.05, 3.63) is 0 Å². The fourth-order valence-electron chi connectivity index (χ4n) is 0.210. The minimum absolute atomic E-state index is 1.10. The summed E-state index contributed by atoms with van der Waals surface area (Å²) in [6.45, 7) is 0. The van der Waals surface area contributed by atoms with Crippen LogP contribution in [0.1, 0.15) is 0 Å². The summed E-state index contributed by atoms with van der Waals surface area (Å²) in [5, 5.41) is 0. The van der Waals surface area contributed by atoms with E-state index in [2.05, 4.69) is 7.54 Å². The Hall–Kier alpha value is 0.520. The summed E-state index contributed by atoms with van der Waals surface area (Å²) in [7, 11) is 0. The van der Waals surface area contributed by atoms with Crippen molar-refractivity contribution >= 4 is 35.3 Å². The molecule has 0 aromatic heterocycles. The first-order chi connectivity index (χ1) is 3.50. The van der Waals surface area contributed by atoms with Crippen LogP contribution in [-0.2, 0) is 11.4 Å². The van der Waals surface area contributed by atoms with Crippen LogP contribution >= 0.6 is 23.9 Å². The number of hydrogen-bond donors (Lipinski definition) is 0. The minimum Gasteiger partial charge on any atom is -0.140 e. The molecule has 0 N–H and O–H groups in total. The van der Waals surface area contributed by atoms with E-state index in [0.29, 0.717) is 0 Å². The van der Waals surface area contributed by atoms with Crippen LogP contribution in [0.4, 0.5) is 0 Å². The average Bonchev–Trinajstić information content (AvgIpc) is 1.90. The summed E-state index contributed by atoms with van der Waals surface area (Å²) >= 11 is 4.47. The molecule has 0 aliphatic carbocycles. The van der Waals surface area contributed by atoms with Gasteiger partial charge in [0.2, 0.25) is 0 Å². The SMILES string of the molecule is C1CSN=S=NS1. The topological polar surface area (TPSA) is 24.7 Å². The molecule has 1 rings (SSSR count). The van der Waals surface area contributed by atoms with Crippen LogP contribution in [0.5, 0.6) is 0 Å². The Morgan fingerprint density at radius 1 is 1.00 bits per heavy atom. The molecule has 0 bridgehead atoms. The van der Waals surface area contributed by atoms with Gasteiger partial charge in [-0.05, 0) is 23.9 Å². The second-order valence-electron chi connectivity index (χ2n) is 0.897. The summed E-state index contributed by atoms with van der Waals surface area (Å²) in [6, 6.07) is 0. The van der Waals surface area contributed by atoms with Gasteiger partial charge in [0.05, 0.1) is 11.4 Å². The highest BCUT2D eigenvalue weighted by molar-refractivity contribution is 8.06. The van der Waals surface area contributed by atoms with E-state index in [4.69, 9.17) is 0 Å². The molecule has 0 unspecified atom stereocenters. The average molecular weight is 152 g/mol. The molecule has 1 heterocycles. The van der Waals surface area contributed by atoms with Crippen LogP contribution < -0.4 is 0 Å². The van der Waals surface area contributed by atoms with Crippen LogP contribution in [-0.4, -0.2) is 11.5 Å². The van der Waals surface area contributed by atoms with Gasteiger partial charge in [-0.25, -0.2) is 0 Å². The molecule has 0 saturated heterocycles. The summed E-state index contributed by atoms with van der Waals surface area (Å²) in [5.41, 5.74) is 0. The molecule has 0 amide bonds. The molecule has 0 radical (unpaired) electrons. The standard InChI is InChI=1S/C2H4N2S3/c1-2-6-4-7-3-5-1/h1-2H2. The van der Waals surface area contributed by atoms with Crippen molar-refractivity contribution in [2.24, 2.45) is 7.54 Å². The largest absolute Gasteiger partial charge is 0.140 e. The van der Waals surface area contributed by atoms with E-state index < -0.39 is 0 Å². The molecule has 1 aliphatic rings. The second-order valence-corrected chi connectivity index (χ2v) is 3.59. The molecule has 7 heavy (non-hydrogen) atoms. The van der Waals surface area contributed by atoms with Crippen molar-refractivity contribution < 1.29 is 0 Å². The van der Waals surface area contributed by atoms with Gasteiger partial charge in [0.25, 0.3) is 0 Å². The Morgan fingerprint density at radius 2 is 1.57 bits per heavy atom. The van der Waals surface area contributed by atoms with Crippen molar-refractivity contribution in [3.63, 3.8) is 0 Å². The first-order valence-electron chi connectivity index (χ1n) is 1.81. The maximum absolute atomic E-state index is 3.92. The Labute approximate surface area is 54.6 Å². The number of nitrogens with zero attached hydrogens (tertiary/aromatic N) is 2. The Bertz CT molecular complexity index is 95.5. The highest BCUT2D eigenvalue weighted by atomic mass is 32.2. The van der Waals surface area contributed by atoms with E-state index in [0.717, 1.165) is 11.5 Å². The molecular weight excluding hydrogens is 148 g/mol. The zero-order valence-electron chi connectivity index (χ0n) is 3.53. The third-order valence-corrected chi connectivity index (χ3v) is 2.85. The maximum Gasteiger partial charge on any atom is 0.0830 e. The summed E-state index contributed by atoms with van der Waals surface area (Å²) in [4.78, 5) is 0. The Balaban J connectivity index is 2.40. The molecular formula is C2H4N2S3. The molecule has 0 saturated carbocycles. The van der Waals surface area contributed by atoms with Gasteiger partial charge in [0.15, 0.2) is 0 Å². The molecule has 1 aliphatic heterocycles. The molecule has 0 spiro atoms. The fourth-order valence-corrected chi connectivity index (χ4v) is 2.13. The van der Waals surface area contributed by atoms with E-state index >= 15 is 0 Å². The Kier molecular flexibility index (Phi) is 2.84. The van der Waals surface area contributed by atoms with E-state index in [-0.39, 0.29) is 0 Å². The zero-order chi connectivity index (χ0) is 4.95. The quantitative estimate of drug-likeness (QED) is 0.494. The monoisotopic (exact) mass is 152 g/mol. The van der Waals surface area contributed by atoms with E-state index in [1.807, 2.05) is 0 Å². The Morgan fingerprint density at radius 3 is 2.14 bits per heavy atom. The highest BCUT2D eigenvalue weighted by Crippen LogP contribution is 2.11. The zero-order valence-corrected chi connectivity index (χ0v) is 5.98. The lowest BCUT2D eigenvalue weighted by Crippen LogP contribution is -1.74. The summed E-state index contributed by atoms with van der Waals surface area (Å²) in [5.74, 6) is 2.20. The molecule has 5 heteroatoms. The van der Waals surface area contributed by atoms with Crippen molar-refractivity contribution in [1.29, 1.82) is 0 Å². The van der Waals surface area contributed by atoms with Crippen LogP contribution in [0.3, 0.4) is 0 Å². The van der Waals surface area contributed by atoms with Crippen molar-refractivity contribution in [2.75, 3.05) is 11.5 Å². The third kappa shape index (κ3) is 2.36. The predicted molar refractivity (Wildman–Crippen MR) is 37.1 cm³/mol. The lowest BCUT2D eigenvalue weighted by Gasteiger charge is -1.81. The lowest BCUT2D eigenvalue weighted by molar-refractivity contribution is 1.55. The first kappa shape index (κ1) is 5.65. The molecule has 0 aromatic carbocycles. The first-order valence-corrected chi connectivity index (χ1v) is 4.42. The van der Waals surface area contributed by atoms with Gasteiger partial charge in [-0.15, -0.1) is 7.54 Å². The van der Waals surface area contributed by atoms with E-state index in [1.165, 1.54) is 11.4 Å². The van der Waals surface area contributed by atoms with Crippen LogP contribution in [0.25, 0.3) is 0 Å². The van der Waals surface area contributed by atoms with Gasteiger partial charge in [-0.3, -0.25) is 0 Å². The summed E-state index contributed by atoms with van der Waals surface area (Å²) in [6.07, 6.45) is 0. The van der Waals surface area contributed by atoms with Gasteiger partial charge in [-0.1, -0.05) is 0 Å². The highest BCUT2D eigenvalue weighted by Gasteiger charge is 1.87. The second kappa shape index (κ2) is 3.51.